The molecule has 0 aromatic heterocycles. The molecule has 1 aliphatic carbocycles. The molecule has 5 rings (SSSR count). The Morgan fingerprint density at radius 3 is 2.54 bits per heavy atom. The summed E-state index contributed by atoms with van der Waals surface area (Å²) < 4.78 is 5.19. The summed E-state index contributed by atoms with van der Waals surface area (Å²) in [5.41, 5.74) is 0.246. The van der Waals surface area contributed by atoms with Crippen LogP contribution in [0.2, 0.25) is 0 Å². The van der Waals surface area contributed by atoms with Crippen LogP contribution in [0.1, 0.15) is 24.8 Å². The standard InChI is InChI=1S/C21H27N3O4/c1-28-17-6-4-15(5-7-17)10-23-19(26)18-8-16(25)11-24(18)21(20(23)27)12-22(13-21)9-14-2-3-14/h4-7,14,16,18,25H,2-3,8-13H2,1H3/t16-,18+/m1/s1. The second-order valence-corrected chi connectivity index (χ2v) is 8.78. The van der Waals surface area contributed by atoms with E-state index in [1.54, 1.807) is 7.11 Å². The van der Waals surface area contributed by atoms with E-state index < -0.39 is 17.7 Å². The predicted molar refractivity (Wildman–Crippen MR) is 102 cm³/mol. The highest BCUT2D eigenvalue weighted by Gasteiger charge is 2.64. The van der Waals surface area contributed by atoms with Gasteiger partial charge in [-0.2, -0.15) is 0 Å². The first-order valence-electron chi connectivity index (χ1n) is 10.2. The highest BCUT2D eigenvalue weighted by atomic mass is 16.5. The lowest BCUT2D eigenvalue weighted by atomic mass is 9.82. The largest absolute Gasteiger partial charge is 0.497 e. The van der Waals surface area contributed by atoms with Crippen LogP contribution >= 0.6 is 0 Å². The molecule has 1 N–H and O–H groups in total. The van der Waals surface area contributed by atoms with Crippen LogP contribution in [0.25, 0.3) is 0 Å². The van der Waals surface area contributed by atoms with Gasteiger partial charge in [0.2, 0.25) is 5.91 Å². The Balaban J connectivity index is 1.39. The zero-order valence-corrected chi connectivity index (χ0v) is 16.2. The molecule has 0 bridgehead atoms. The van der Waals surface area contributed by atoms with Gasteiger partial charge in [0.15, 0.2) is 0 Å². The molecule has 0 radical (unpaired) electrons. The van der Waals surface area contributed by atoms with Gasteiger partial charge in [-0.25, -0.2) is 0 Å². The summed E-state index contributed by atoms with van der Waals surface area (Å²) in [7, 11) is 1.61. The Labute approximate surface area is 164 Å². The number of rotatable bonds is 5. The van der Waals surface area contributed by atoms with Gasteiger partial charge in [-0.3, -0.25) is 24.3 Å². The van der Waals surface area contributed by atoms with E-state index in [0.29, 0.717) is 26.1 Å². The van der Waals surface area contributed by atoms with Gasteiger partial charge in [-0.15, -0.1) is 0 Å². The number of aliphatic hydroxyl groups is 1. The number of ether oxygens (including phenoxy) is 1. The number of carbonyl (C=O) groups is 2. The Hall–Kier alpha value is -1.96. The molecule has 1 aromatic rings. The maximum atomic E-state index is 13.5. The van der Waals surface area contributed by atoms with Gasteiger partial charge in [0.25, 0.3) is 5.91 Å². The first kappa shape index (κ1) is 18.1. The van der Waals surface area contributed by atoms with Crippen molar-refractivity contribution in [1.29, 1.82) is 0 Å². The van der Waals surface area contributed by atoms with E-state index in [2.05, 4.69) is 4.90 Å². The molecule has 2 amide bonds. The minimum absolute atomic E-state index is 0.106. The second kappa shape index (κ2) is 6.54. The number of hydrogen-bond acceptors (Lipinski definition) is 6. The van der Waals surface area contributed by atoms with Crippen molar-refractivity contribution in [3.63, 3.8) is 0 Å². The summed E-state index contributed by atoms with van der Waals surface area (Å²) in [6.45, 7) is 3.06. The number of benzene rings is 1. The molecular weight excluding hydrogens is 358 g/mol. The van der Waals surface area contributed by atoms with Gasteiger partial charge in [0.1, 0.15) is 11.3 Å². The number of piperazine rings is 1. The van der Waals surface area contributed by atoms with E-state index in [4.69, 9.17) is 4.74 Å². The fourth-order valence-corrected chi connectivity index (χ4v) is 5.04. The molecule has 7 heteroatoms. The molecule has 150 valence electrons. The molecule has 3 heterocycles. The molecule has 3 saturated heterocycles. The molecule has 2 atom stereocenters. The van der Waals surface area contributed by atoms with E-state index in [0.717, 1.165) is 23.8 Å². The lowest BCUT2D eigenvalue weighted by Gasteiger charge is -2.58. The molecule has 7 nitrogen and oxygen atoms in total. The number of aliphatic hydroxyl groups excluding tert-OH is 1. The summed E-state index contributed by atoms with van der Waals surface area (Å²) in [4.78, 5) is 32.4. The number of hydrogen-bond donors (Lipinski definition) is 1. The van der Waals surface area contributed by atoms with Crippen LogP contribution in [0.4, 0.5) is 0 Å². The molecule has 4 fully saturated rings. The number of β-amino-alcohol motifs (C(OH)–C–C–N with tert-alkyl or cyclic N) is 1. The molecule has 4 aliphatic rings. The van der Waals surface area contributed by atoms with Crippen LogP contribution in [0, 0.1) is 5.92 Å². The molecule has 1 saturated carbocycles. The third kappa shape index (κ3) is 2.84. The van der Waals surface area contributed by atoms with E-state index in [1.165, 1.54) is 17.7 Å². The van der Waals surface area contributed by atoms with E-state index in [9.17, 15) is 14.7 Å². The average molecular weight is 385 g/mol. The lowest BCUT2D eigenvalue weighted by molar-refractivity contribution is -0.180. The maximum absolute atomic E-state index is 13.5. The van der Waals surface area contributed by atoms with Crippen LogP contribution < -0.4 is 4.74 Å². The van der Waals surface area contributed by atoms with Gasteiger partial charge in [0, 0.05) is 26.2 Å². The zero-order chi connectivity index (χ0) is 19.5. The Morgan fingerprint density at radius 2 is 1.89 bits per heavy atom. The molecule has 3 aliphatic heterocycles. The Morgan fingerprint density at radius 1 is 1.18 bits per heavy atom. The van der Waals surface area contributed by atoms with Crippen molar-refractivity contribution >= 4 is 11.8 Å². The van der Waals surface area contributed by atoms with Crippen LogP contribution in [-0.4, -0.2) is 82.6 Å². The highest BCUT2D eigenvalue weighted by Crippen LogP contribution is 2.42. The van der Waals surface area contributed by atoms with Crippen molar-refractivity contribution in [3.05, 3.63) is 29.8 Å². The van der Waals surface area contributed by atoms with Gasteiger partial charge in [0.05, 0.1) is 25.8 Å². The predicted octanol–water partition coefficient (Wildman–Crippen LogP) is 0.464. The number of nitrogens with zero attached hydrogens (tertiary/aromatic N) is 3. The van der Waals surface area contributed by atoms with E-state index in [-0.39, 0.29) is 18.4 Å². The summed E-state index contributed by atoms with van der Waals surface area (Å²) in [6, 6.07) is 7.07. The van der Waals surface area contributed by atoms with Gasteiger partial charge >= 0.3 is 0 Å². The minimum atomic E-state index is -0.655. The number of fused-ring (bicyclic) bond motifs is 2. The average Bonchev–Trinajstić information content (AvgIpc) is 3.40. The molecule has 0 unspecified atom stereocenters. The highest BCUT2D eigenvalue weighted by molar-refractivity contribution is 6.06. The third-order valence-electron chi connectivity index (χ3n) is 6.71. The molecule has 28 heavy (non-hydrogen) atoms. The van der Waals surface area contributed by atoms with Gasteiger partial charge < -0.3 is 9.84 Å². The fraction of sp³-hybridized carbons (Fsp3) is 0.619. The Kier molecular flexibility index (Phi) is 4.23. The van der Waals surface area contributed by atoms with Crippen molar-refractivity contribution in [1.82, 2.24) is 14.7 Å². The van der Waals surface area contributed by atoms with Crippen LogP contribution in [0.5, 0.6) is 5.75 Å². The summed E-state index contributed by atoms with van der Waals surface area (Å²) in [6.07, 6.45) is 2.43. The lowest BCUT2D eigenvalue weighted by Crippen LogP contribution is -2.81. The van der Waals surface area contributed by atoms with Crippen LogP contribution in [0.3, 0.4) is 0 Å². The monoisotopic (exact) mass is 385 g/mol. The number of imide groups is 1. The summed E-state index contributed by atoms with van der Waals surface area (Å²) in [5, 5.41) is 10.2. The third-order valence-corrected chi connectivity index (χ3v) is 6.71. The number of amides is 2. The van der Waals surface area contributed by atoms with Gasteiger partial charge in [-0.05, 0) is 42.9 Å². The number of carbonyl (C=O) groups excluding carboxylic acids is 2. The maximum Gasteiger partial charge on any atom is 0.252 e. The first-order valence-corrected chi connectivity index (χ1v) is 10.2. The van der Waals surface area contributed by atoms with Crippen molar-refractivity contribution < 1.29 is 19.4 Å². The minimum Gasteiger partial charge on any atom is -0.497 e. The normalized spacial score (nSPS) is 29.9. The summed E-state index contributed by atoms with van der Waals surface area (Å²) >= 11 is 0. The smallest absolute Gasteiger partial charge is 0.252 e. The van der Waals surface area contributed by atoms with Crippen LogP contribution in [-0.2, 0) is 16.1 Å². The van der Waals surface area contributed by atoms with Crippen molar-refractivity contribution in [2.45, 2.75) is 43.5 Å². The SMILES string of the molecule is COc1ccc(CN2C(=O)[C@@H]3C[C@@H](O)CN3C3(CN(CC4CC4)C3)C2=O)cc1. The molecule has 1 spiro atoms. The molecular formula is C21H27N3O4. The van der Waals surface area contributed by atoms with Crippen molar-refractivity contribution in [2.75, 3.05) is 33.3 Å². The second-order valence-electron chi connectivity index (χ2n) is 8.78. The van der Waals surface area contributed by atoms with Crippen molar-refractivity contribution in [3.8, 4) is 5.75 Å². The zero-order valence-electron chi connectivity index (χ0n) is 16.2. The number of likely N-dealkylation sites (tertiary alicyclic amines) is 1. The van der Waals surface area contributed by atoms with E-state index >= 15 is 0 Å². The quantitative estimate of drug-likeness (QED) is 0.743. The van der Waals surface area contributed by atoms with Crippen molar-refractivity contribution in [2.24, 2.45) is 5.92 Å². The topological polar surface area (TPSA) is 73.3 Å². The first-order chi connectivity index (χ1) is 13.5. The van der Waals surface area contributed by atoms with Crippen LogP contribution in [0.15, 0.2) is 24.3 Å². The number of methoxy groups -OCH3 is 1. The Bertz CT molecular complexity index is 785. The summed E-state index contributed by atoms with van der Waals surface area (Å²) in [5.74, 6) is 1.23. The van der Waals surface area contributed by atoms with Gasteiger partial charge in [-0.1, -0.05) is 12.1 Å². The molecule has 1 aromatic carbocycles. The van der Waals surface area contributed by atoms with E-state index in [1.807, 2.05) is 29.2 Å². The fourth-order valence-electron chi connectivity index (χ4n) is 5.04.